The van der Waals surface area contributed by atoms with E-state index < -0.39 is 5.97 Å². The number of carboxylic acids is 1. The van der Waals surface area contributed by atoms with Crippen molar-refractivity contribution in [2.75, 3.05) is 4.90 Å². The molecule has 0 atom stereocenters. The lowest BCUT2D eigenvalue weighted by atomic mass is 10.1. The average Bonchev–Trinajstić information content (AvgIpc) is 2.45. The third-order valence-electron chi connectivity index (χ3n) is 3.41. The highest BCUT2D eigenvalue weighted by atomic mass is 16.4. The largest absolute Gasteiger partial charge is 0.478 e. The second kappa shape index (κ2) is 6.39. The number of hydrogen-bond acceptors (Lipinski definition) is 3. The number of nitrogens with zero attached hydrogens (tertiary/aromatic N) is 2. The Hall–Kier alpha value is -2.36. The fourth-order valence-corrected chi connectivity index (χ4v) is 2.24. The highest BCUT2D eigenvalue weighted by Crippen LogP contribution is 2.20. The van der Waals surface area contributed by atoms with Crippen molar-refractivity contribution in [3.8, 4) is 0 Å². The van der Waals surface area contributed by atoms with E-state index in [1.165, 1.54) is 5.56 Å². The molecule has 0 aliphatic carbocycles. The van der Waals surface area contributed by atoms with Crippen molar-refractivity contribution in [1.82, 2.24) is 4.98 Å². The van der Waals surface area contributed by atoms with Crippen LogP contribution in [0.25, 0.3) is 0 Å². The zero-order chi connectivity index (χ0) is 15.4. The van der Waals surface area contributed by atoms with E-state index in [1.54, 1.807) is 19.1 Å². The van der Waals surface area contributed by atoms with Crippen molar-refractivity contribution >= 4 is 11.8 Å². The van der Waals surface area contributed by atoms with Gasteiger partial charge in [-0.3, -0.25) is 0 Å². The van der Waals surface area contributed by atoms with Crippen LogP contribution in [0.15, 0.2) is 42.5 Å². The van der Waals surface area contributed by atoms with E-state index in [4.69, 9.17) is 5.11 Å². The Labute approximate surface area is 125 Å². The van der Waals surface area contributed by atoms with Gasteiger partial charge in [-0.15, -0.1) is 0 Å². The van der Waals surface area contributed by atoms with Crippen LogP contribution in [0.2, 0.25) is 0 Å². The number of aromatic carboxylic acids is 1. The van der Waals surface area contributed by atoms with Gasteiger partial charge in [0, 0.05) is 12.6 Å². The van der Waals surface area contributed by atoms with Crippen molar-refractivity contribution in [2.45, 2.75) is 33.4 Å². The van der Waals surface area contributed by atoms with Gasteiger partial charge >= 0.3 is 5.97 Å². The standard InChI is InChI=1S/C17H20N2O2/c1-12(2)19(11-14-7-5-4-6-8-14)16-10-9-15(17(20)21)13(3)18-16/h4-10,12H,11H2,1-3H3,(H,20,21). The molecule has 2 aromatic rings. The number of aryl methyl sites for hydroxylation is 1. The Kier molecular flexibility index (Phi) is 4.58. The molecule has 1 aromatic carbocycles. The van der Waals surface area contributed by atoms with E-state index in [9.17, 15) is 4.79 Å². The molecular formula is C17H20N2O2. The quantitative estimate of drug-likeness (QED) is 0.913. The van der Waals surface area contributed by atoms with Crippen LogP contribution in [0.5, 0.6) is 0 Å². The monoisotopic (exact) mass is 284 g/mol. The Morgan fingerprint density at radius 2 is 1.86 bits per heavy atom. The molecule has 0 aliphatic heterocycles. The molecular weight excluding hydrogens is 264 g/mol. The van der Waals surface area contributed by atoms with Crippen molar-refractivity contribution in [3.63, 3.8) is 0 Å². The Bertz CT molecular complexity index is 624. The summed E-state index contributed by atoms with van der Waals surface area (Å²) in [4.78, 5) is 17.7. The summed E-state index contributed by atoms with van der Waals surface area (Å²) in [6, 6.07) is 13.8. The number of aromatic nitrogens is 1. The second-order valence-electron chi connectivity index (χ2n) is 5.31. The fourth-order valence-electron chi connectivity index (χ4n) is 2.24. The van der Waals surface area contributed by atoms with E-state index in [2.05, 4.69) is 35.9 Å². The maximum absolute atomic E-state index is 11.1. The summed E-state index contributed by atoms with van der Waals surface area (Å²) in [5.74, 6) is -0.137. The minimum atomic E-state index is -0.939. The summed E-state index contributed by atoms with van der Waals surface area (Å²) in [6.45, 7) is 6.68. The molecule has 0 aliphatic rings. The van der Waals surface area contributed by atoms with Gasteiger partial charge in [0.05, 0.1) is 11.3 Å². The molecule has 1 N–H and O–H groups in total. The highest BCUT2D eigenvalue weighted by molar-refractivity contribution is 5.89. The van der Waals surface area contributed by atoms with Crippen LogP contribution in [0.1, 0.15) is 35.5 Å². The smallest absolute Gasteiger partial charge is 0.337 e. The van der Waals surface area contributed by atoms with Crippen LogP contribution in [-0.4, -0.2) is 22.1 Å². The minimum Gasteiger partial charge on any atom is -0.478 e. The van der Waals surface area contributed by atoms with Gasteiger partial charge < -0.3 is 10.0 Å². The zero-order valence-corrected chi connectivity index (χ0v) is 12.6. The summed E-state index contributed by atoms with van der Waals surface area (Å²) in [5, 5.41) is 9.09. The van der Waals surface area contributed by atoms with E-state index in [0.717, 1.165) is 12.4 Å². The molecule has 21 heavy (non-hydrogen) atoms. The van der Waals surface area contributed by atoms with Crippen LogP contribution in [0.4, 0.5) is 5.82 Å². The lowest BCUT2D eigenvalue weighted by molar-refractivity contribution is 0.0695. The van der Waals surface area contributed by atoms with Gasteiger partial charge in [-0.2, -0.15) is 0 Å². The van der Waals surface area contributed by atoms with Gasteiger partial charge in [-0.05, 0) is 38.5 Å². The van der Waals surface area contributed by atoms with Gasteiger partial charge in [0.2, 0.25) is 0 Å². The van der Waals surface area contributed by atoms with E-state index in [1.807, 2.05) is 18.2 Å². The maximum atomic E-state index is 11.1. The number of benzene rings is 1. The first-order chi connectivity index (χ1) is 9.99. The molecule has 4 nitrogen and oxygen atoms in total. The Morgan fingerprint density at radius 1 is 1.19 bits per heavy atom. The van der Waals surface area contributed by atoms with Gasteiger partial charge in [0.25, 0.3) is 0 Å². The number of hydrogen-bond donors (Lipinski definition) is 1. The van der Waals surface area contributed by atoms with Crippen molar-refractivity contribution < 1.29 is 9.90 Å². The van der Waals surface area contributed by atoms with Crippen molar-refractivity contribution in [3.05, 3.63) is 59.3 Å². The molecule has 0 radical (unpaired) electrons. The van der Waals surface area contributed by atoms with Gasteiger partial charge in [0.1, 0.15) is 5.82 Å². The average molecular weight is 284 g/mol. The molecule has 0 unspecified atom stereocenters. The first-order valence-corrected chi connectivity index (χ1v) is 7.00. The van der Waals surface area contributed by atoms with Crippen molar-refractivity contribution in [2.24, 2.45) is 0 Å². The maximum Gasteiger partial charge on any atom is 0.337 e. The zero-order valence-electron chi connectivity index (χ0n) is 12.6. The van der Waals surface area contributed by atoms with Gasteiger partial charge in [-0.1, -0.05) is 30.3 Å². The molecule has 0 fully saturated rings. The summed E-state index contributed by atoms with van der Waals surface area (Å²) < 4.78 is 0. The Morgan fingerprint density at radius 3 is 2.38 bits per heavy atom. The van der Waals surface area contributed by atoms with Crippen LogP contribution >= 0.6 is 0 Å². The molecule has 110 valence electrons. The molecule has 4 heteroatoms. The van der Waals surface area contributed by atoms with E-state index in [-0.39, 0.29) is 11.6 Å². The minimum absolute atomic E-state index is 0.252. The third kappa shape index (κ3) is 3.60. The molecule has 0 spiro atoms. The molecule has 0 saturated heterocycles. The number of pyridine rings is 1. The van der Waals surface area contributed by atoms with Crippen LogP contribution < -0.4 is 4.90 Å². The highest BCUT2D eigenvalue weighted by Gasteiger charge is 2.15. The van der Waals surface area contributed by atoms with Gasteiger partial charge in [-0.25, -0.2) is 9.78 Å². The number of rotatable bonds is 5. The Balaban J connectivity index is 2.31. The molecule has 1 heterocycles. The molecule has 2 rings (SSSR count). The summed E-state index contributed by atoms with van der Waals surface area (Å²) >= 11 is 0. The topological polar surface area (TPSA) is 53.4 Å². The molecule has 0 bridgehead atoms. The van der Waals surface area contributed by atoms with Crippen molar-refractivity contribution in [1.29, 1.82) is 0 Å². The number of carboxylic acid groups (broad SMARTS) is 1. The van der Waals surface area contributed by atoms with Crippen LogP contribution in [-0.2, 0) is 6.54 Å². The predicted octanol–water partition coefficient (Wildman–Crippen LogP) is 3.50. The lowest BCUT2D eigenvalue weighted by Gasteiger charge is -2.28. The summed E-state index contributed by atoms with van der Waals surface area (Å²) in [7, 11) is 0. The van der Waals surface area contributed by atoms with E-state index >= 15 is 0 Å². The van der Waals surface area contributed by atoms with E-state index in [0.29, 0.717) is 5.69 Å². The van der Waals surface area contributed by atoms with Crippen LogP contribution in [0, 0.1) is 6.92 Å². The normalized spacial score (nSPS) is 10.7. The second-order valence-corrected chi connectivity index (χ2v) is 5.31. The number of anilines is 1. The molecule has 0 amide bonds. The summed E-state index contributed by atoms with van der Waals surface area (Å²) in [6.07, 6.45) is 0. The first-order valence-electron chi connectivity index (χ1n) is 7.00. The third-order valence-corrected chi connectivity index (χ3v) is 3.41. The number of carbonyl (C=O) groups is 1. The SMILES string of the molecule is Cc1nc(N(Cc2ccccc2)C(C)C)ccc1C(=O)O. The molecule has 0 saturated carbocycles. The molecule has 1 aromatic heterocycles. The first kappa shape index (κ1) is 15.0. The predicted molar refractivity (Wildman–Crippen MR) is 83.7 cm³/mol. The lowest BCUT2D eigenvalue weighted by Crippen LogP contribution is -2.31. The fraction of sp³-hybridized carbons (Fsp3) is 0.294. The van der Waals surface area contributed by atoms with Crippen LogP contribution in [0.3, 0.4) is 0 Å². The summed E-state index contributed by atoms with van der Waals surface area (Å²) in [5.41, 5.74) is 1.99. The van der Waals surface area contributed by atoms with Gasteiger partial charge in [0.15, 0.2) is 0 Å².